The Kier molecular flexibility index (Phi) is 10.5. The summed E-state index contributed by atoms with van der Waals surface area (Å²) in [6, 6.07) is 101. The van der Waals surface area contributed by atoms with Crippen molar-refractivity contribution in [2.75, 3.05) is 9.80 Å². The zero-order valence-corrected chi connectivity index (χ0v) is 38.9. The highest BCUT2D eigenvalue weighted by Crippen LogP contribution is 2.47. The Hall–Kier alpha value is -9.44. The number of benzene rings is 12. The molecule has 0 aliphatic rings. The van der Waals surface area contributed by atoms with Crippen molar-refractivity contribution >= 4 is 77.6 Å². The van der Waals surface area contributed by atoms with Gasteiger partial charge < -0.3 is 14.2 Å². The van der Waals surface area contributed by atoms with Crippen LogP contribution in [0, 0.1) is 0 Å². The van der Waals surface area contributed by atoms with Crippen molar-refractivity contribution in [3.8, 4) is 44.5 Å². The van der Waals surface area contributed by atoms with Crippen LogP contribution in [-0.2, 0) is 0 Å². The lowest BCUT2D eigenvalue weighted by atomic mass is 9.92. The first kappa shape index (κ1) is 41.7. The minimum absolute atomic E-state index is 0.857. The molecule has 3 heteroatoms. The third-order valence-corrected chi connectivity index (χ3v) is 13.8. The monoisotopic (exact) mass is 906 g/mol. The largest absolute Gasteiger partial charge is 0.456 e. The van der Waals surface area contributed by atoms with Crippen molar-refractivity contribution < 1.29 is 4.42 Å². The second-order valence-corrected chi connectivity index (χ2v) is 18.1. The molecule has 0 saturated carbocycles. The van der Waals surface area contributed by atoms with Gasteiger partial charge in [-0.05, 0) is 151 Å². The maximum Gasteiger partial charge on any atom is 0.135 e. The Labute approximate surface area is 413 Å². The van der Waals surface area contributed by atoms with Crippen molar-refractivity contribution in [2.45, 2.75) is 0 Å². The summed E-state index contributed by atoms with van der Waals surface area (Å²) in [5.41, 5.74) is 17.2. The third-order valence-electron chi connectivity index (χ3n) is 13.8. The smallest absolute Gasteiger partial charge is 0.135 e. The highest BCUT2D eigenvalue weighted by atomic mass is 16.3. The molecule has 0 radical (unpaired) electrons. The molecule has 12 aromatic carbocycles. The number of para-hydroxylation sites is 1. The average Bonchev–Trinajstić information content (AvgIpc) is 3.82. The predicted octanol–water partition coefficient (Wildman–Crippen LogP) is 19.5. The average molecular weight is 907 g/mol. The topological polar surface area (TPSA) is 19.6 Å². The molecule has 0 fully saturated rings. The summed E-state index contributed by atoms with van der Waals surface area (Å²) in [6.07, 6.45) is 0. The van der Waals surface area contributed by atoms with Gasteiger partial charge in [0.25, 0.3) is 0 Å². The minimum Gasteiger partial charge on any atom is -0.456 e. The molecule has 0 amide bonds. The van der Waals surface area contributed by atoms with Gasteiger partial charge in [-0.2, -0.15) is 0 Å². The van der Waals surface area contributed by atoms with Gasteiger partial charge in [-0.15, -0.1) is 0 Å². The highest BCUT2D eigenvalue weighted by molar-refractivity contribution is 6.14. The van der Waals surface area contributed by atoms with Crippen LogP contribution in [0.4, 0.5) is 34.1 Å². The fourth-order valence-electron chi connectivity index (χ4n) is 10.4. The molecule has 0 bridgehead atoms. The van der Waals surface area contributed by atoms with Gasteiger partial charge in [-0.25, -0.2) is 0 Å². The lowest BCUT2D eigenvalue weighted by Crippen LogP contribution is -2.14. The molecule has 334 valence electrons. The summed E-state index contributed by atoms with van der Waals surface area (Å²) >= 11 is 0. The van der Waals surface area contributed by atoms with E-state index in [1.54, 1.807) is 0 Å². The minimum atomic E-state index is 0.857. The van der Waals surface area contributed by atoms with Crippen LogP contribution in [0.15, 0.2) is 283 Å². The van der Waals surface area contributed by atoms with Crippen molar-refractivity contribution in [1.82, 2.24) is 0 Å². The summed E-state index contributed by atoms with van der Waals surface area (Å²) in [4.78, 5) is 4.81. The maximum atomic E-state index is 6.41. The lowest BCUT2D eigenvalue weighted by Gasteiger charge is -2.31. The number of hydrogen-bond acceptors (Lipinski definition) is 3. The number of anilines is 6. The normalized spacial score (nSPS) is 11.4. The van der Waals surface area contributed by atoms with Crippen molar-refractivity contribution in [3.05, 3.63) is 279 Å². The van der Waals surface area contributed by atoms with Crippen molar-refractivity contribution in [3.63, 3.8) is 0 Å². The highest BCUT2D eigenvalue weighted by Gasteiger charge is 2.22. The quantitative estimate of drug-likeness (QED) is 0.128. The van der Waals surface area contributed by atoms with E-state index in [9.17, 15) is 0 Å². The number of nitrogens with zero attached hydrogens (tertiary/aromatic N) is 2. The zero-order valence-electron chi connectivity index (χ0n) is 38.9. The van der Waals surface area contributed by atoms with Gasteiger partial charge in [0.15, 0.2) is 0 Å². The van der Waals surface area contributed by atoms with Crippen LogP contribution in [0.1, 0.15) is 0 Å². The summed E-state index contributed by atoms with van der Waals surface area (Å²) in [5, 5.41) is 7.02. The molecule has 3 nitrogen and oxygen atoms in total. The van der Waals surface area contributed by atoms with Gasteiger partial charge in [0.05, 0.1) is 0 Å². The molecular formula is C68H46N2O. The van der Waals surface area contributed by atoms with Crippen LogP contribution in [0.2, 0.25) is 0 Å². The van der Waals surface area contributed by atoms with Crippen molar-refractivity contribution in [1.29, 1.82) is 0 Å². The molecule has 0 aliphatic heterocycles. The first-order chi connectivity index (χ1) is 35.2. The van der Waals surface area contributed by atoms with E-state index in [1.807, 2.05) is 12.1 Å². The molecule has 0 atom stereocenters. The summed E-state index contributed by atoms with van der Waals surface area (Å²) in [7, 11) is 0. The van der Waals surface area contributed by atoms with E-state index in [1.165, 1.54) is 38.2 Å². The van der Waals surface area contributed by atoms with E-state index in [-0.39, 0.29) is 0 Å². The SMILES string of the molecule is c1ccc(-c2ccc(N(c3ccc(-c4ccccc4)cc3)c3cc(-c4cc5ccccc5c5ccccc45)cc(N(c4ccc(-c5ccccc5)cc4)c4ccc5oc6ccccc6c5c4)c3)cc2)cc1. The van der Waals surface area contributed by atoms with Gasteiger partial charge in [-0.3, -0.25) is 0 Å². The van der Waals surface area contributed by atoms with Gasteiger partial charge in [0, 0.05) is 44.9 Å². The van der Waals surface area contributed by atoms with Crippen LogP contribution in [-0.4, -0.2) is 0 Å². The van der Waals surface area contributed by atoms with Crippen LogP contribution < -0.4 is 9.80 Å². The molecule has 0 spiro atoms. The van der Waals surface area contributed by atoms with E-state index < -0.39 is 0 Å². The van der Waals surface area contributed by atoms with Crippen LogP contribution >= 0.6 is 0 Å². The fraction of sp³-hybridized carbons (Fsp3) is 0. The van der Waals surface area contributed by atoms with Crippen LogP contribution in [0.5, 0.6) is 0 Å². The van der Waals surface area contributed by atoms with Gasteiger partial charge in [0.2, 0.25) is 0 Å². The number of rotatable bonds is 10. The van der Waals surface area contributed by atoms with Gasteiger partial charge >= 0.3 is 0 Å². The second kappa shape index (κ2) is 17.9. The molecular weight excluding hydrogens is 861 g/mol. The maximum absolute atomic E-state index is 6.41. The van der Waals surface area contributed by atoms with Crippen molar-refractivity contribution in [2.24, 2.45) is 0 Å². The van der Waals surface area contributed by atoms with Gasteiger partial charge in [0.1, 0.15) is 11.2 Å². The second-order valence-electron chi connectivity index (χ2n) is 18.1. The molecule has 13 rings (SSSR count). The van der Waals surface area contributed by atoms with Crippen LogP contribution in [0.25, 0.3) is 88.0 Å². The van der Waals surface area contributed by atoms with E-state index in [2.05, 4.69) is 277 Å². The number of furan rings is 1. The molecule has 1 aromatic heterocycles. The van der Waals surface area contributed by atoms with E-state index in [0.717, 1.165) is 83.9 Å². The van der Waals surface area contributed by atoms with Crippen LogP contribution in [0.3, 0.4) is 0 Å². The first-order valence-electron chi connectivity index (χ1n) is 24.2. The van der Waals surface area contributed by atoms with Gasteiger partial charge in [-0.1, -0.05) is 194 Å². The summed E-state index contributed by atoms with van der Waals surface area (Å²) in [5.74, 6) is 0. The summed E-state index contributed by atoms with van der Waals surface area (Å²) in [6.45, 7) is 0. The molecule has 1 heterocycles. The Balaban J connectivity index is 1.07. The molecule has 71 heavy (non-hydrogen) atoms. The Bertz CT molecular complexity index is 3930. The molecule has 0 saturated heterocycles. The number of fused-ring (bicyclic) bond motifs is 6. The fourth-order valence-corrected chi connectivity index (χ4v) is 10.4. The Morgan fingerprint density at radius 3 is 1.14 bits per heavy atom. The molecule has 0 unspecified atom stereocenters. The third kappa shape index (κ3) is 7.86. The standard InChI is InChI=1S/C68H46N2O/c1-4-16-47(17-5-1)50-28-34-55(35-29-50)69(56-36-30-51(31-37-56)48-18-6-2-7-19-48)59-42-54(65-44-53-22-10-11-23-61(53)62-24-12-13-25-63(62)65)43-60(45-59)70(57-38-32-52(33-39-57)49-20-8-3-9-21-49)58-40-41-68-66(46-58)64-26-14-15-27-67(64)71-68/h1-46H. The Morgan fingerprint density at radius 1 is 0.211 bits per heavy atom. The van der Waals surface area contributed by atoms with E-state index >= 15 is 0 Å². The molecule has 0 N–H and O–H groups in total. The first-order valence-corrected chi connectivity index (χ1v) is 24.2. The Morgan fingerprint density at radius 2 is 0.606 bits per heavy atom. The molecule has 13 aromatic rings. The van der Waals surface area contributed by atoms with E-state index in [4.69, 9.17) is 4.42 Å². The molecule has 0 aliphatic carbocycles. The van der Waals surface area contributed by atoms with E-state index in [0.29, 0.717) is 0 Å². The lowest BCUT2D eigenvalue weighted by molar-refractivity contribution is 0.669. The predicted molar refractivity (Wildman–Crippen MR) is 300 cm³/mol. The zero-order chi connectivity index (χ0) is 47.1. The number of hydrogen-bond donors (Lipinski definition) is 0. The summed E-state index contributed by atoms with van der Waals surface area (Å²) < 4.78 is 6.41.